The number of carbonyl (C=O) groups excluding carboxylic acids is 1. The van der Waals surface area contributed by atoms with Crippen LogP contribution in [0.25, 0.3) is 11.3 Å². The predicted molar refractivity (Wildman–Crippen MR) is 98.6 cm³/mol. The number of ether oxygens (including phenoxy) is 1. The van der Waals surface area contributed by atoms with Crippen LogP contribution in [-0.4, -0.2) is 59.2 Å². The zero-order valence-corrected chi connectivity index (χ0v) is 14.9. The van der Waals surface area contributed by atoms with Crippen molar-refractivity contribution in [1.29, 1.82) is 0 Å². The van der Waals surface area contributed by atoms with Gasteiger partial charge in [-0.2, -0.15) is 0 Å². The molecule has 0 N–H and O–H groups in total. The van der Waals surface area contributed by atoms with Crippen molar-refractivity contribution in [2.24, 2.45) is 0 Å². The second-order valence-corrected chi connectivity index (χ2v) is 6.13. The Hall–Kier alpha value is -3.42. The molecule has 1 fully saturated rings. The van der Waals surface area contributed by atoms with Gasteiger partial charge in [-0.3, -0.25) is 4.79 Å². The first-order valence-corrected chi connectivity index (χ1v) is 8.66. The molecule has 8 nitrogen and oxygen atoms in total. The van der Waals surface area contributed by atoms with Crippen LogP contribution in [0.5, 0.6) is 5.75 Å². The van der Waals surface area contributed by atoms with E-state index in [9.17, 15) is 4.79 Å². The molecule has 27 heavy (non-hydrogen) atoms. The Morgan fingerprint density at radius 2 is 1.78 bits per heavy atom. The Kier molecular flexibility index (Phi) is 4.69. The van der Waals surface area contributed by atoms with Crippen LogP contribution in [0.15, 0.2) is 53.4 Å². The highest BCUT2D eigenvalue weighted by Crippen LogP contribution is 2.27. The fraction of sp³-hybridized carbons (Fsp3) is 0.263. The number of rotatable bonds is 4. The summed E-state index contributed by atoms with van der Waals surface area (Å²) in [4.78, 5) is 25.4. The fourth-order valence-corrected chi connectivity index (χ4v) is 3.08. The van der Waals surface area contributed by atoms with Gasteiger partial charge in [0.15, 0.2) is 5.76 Å². The number of hydrogen-bond acceptors (Lipinski definition) is 7. The highest BCUT2D eigenvalue weighted by Gasteiger charge is 2.27. The monoisotopic (exact) mass is 365 g/mol. The molecule has 1 aliphatic rings. The third kappa shape index (κ3) is 3.46. The van der Waals surface area contributed by atoms with Gasteiger partial charge < -0.3 is 19.1 Å². The molecule has 1 saturated heterocycles. The predicted octanol–water partition coefficient (Wildman–Crippen LogP) is 2.10. The highest BCUT2D eigenvalue weighted by molar-refractivity contribution is 5.99. The summed E-state index contributed by atoms with van der Waals surface area (Å²) in [6.07, 6.45) is 4.92. The van der Waals surface area contributed by atoms with Gasteiger partial charge in [0.2, 0.25) is 5.95 Å². The molecule has 138 valence electrons. The van der Waals surface area contributed by atoms with E-state index in [0.717, 1.165) is 11.3 Å². The average molecular weight is 365 g/mol. The maximum atomic E-state index is 13.0. The van der Waals surface area contributed by atoms with Crippen LogP contribution in [0, 0.1) is 0 Å². The smallest absolute Gasteiger partial charge is 0.259 e. The molecule has 4 rings (SSSR count). The SMILES string of the molecule is COc1ccc(-c2oncc2C(=O)N2CCN(c3ncccn3)CC2)cc1. The fourth-order valence-electron chi connectivity index (χ4n) is 3.08. The van der Waals surface area contributed by atoms with Crippen molar-refractivity contribution in [1.82, 2.24) is 20.0 Å². The largest absolute Gasteiger partial charge is 0.497 e. The zero-order valence-electron chi connectivity index (χ0n) is 14.9. The molecule has 2 aromatic heterocycles. The van der Waals surface area contributed by atoms with E-state index in [0.29, 0.717) is 43.5 Å². The minimum atomic E-state index is -0.0873. The number of carbonyl (C=O) groups is 1. The van der Waals surface area contributed by atoms with Crippen LogP contribution < -0.4 is 9.64 Å². The van der Waals surface area contributed by atoms with Crippen molar-refractivity contribution in [3.8, 4) is 17.1 Å². The number of anilines is 1. The zero-order chi connectivity index (χ0) is 18.6. The van der Waals surface area contributed by atoms with Gasteiger partial charge in [0.25, 0.3) is 5.91 Å². The number of amides is 1. The van der Waals surface area contributed by atoms with E-state index >= 15 is 0 Å². The maximum Gasteiger partial charge on any atom is 0.259 e. The molecular formula is C19H19N5O3. The molecule has 1 amide bonds. The lowest BCUT2D eigenvalue weighted by Crippen LogP contribution is -2.49. The van der Waals surface area contributed by atoms with Crippen molar-refractivity contribution in [3.63, 3.8) is 0 Å². The van der Waals surface area contributed by atoms with Crippen molar-refractivity contribution < 1.29 is 14.1 Å². The molecule has 3 aromatic rings. The summed E-state index contributed by atoms with van der Waals surface area (Å²) in [5, 5.41) is 3.84. The summed E-state index contributed by atoms with van der Waals surface area (Å²) in [5.41, 5.74) is 1.25. The third-order valence-corrected chi connectivity index (χ3v) is 4.55. The summed E-state index contributed by atoms with van der Waals surface area (Å²) in [5.74, 6) is 1.81. The number of piperazine rings is 1. The Balaban J connectivity index is 1.47. The Labute approximate surface area is 156 Å². The van der Waals surface area contributed by atoms with Crippen LogP contribution >= 0.6 is 0 Å². The topological polar surface area (TPSA) is 84.6 Å². The molecule has 0 saturated carbocycles. The number of benzene rings is 1. The molecule has 0 bridgehead atoms. The third-order valence-electron chi connectivity index (χ3n) is 4.55. The van der Waals surface area contributed by atoms with Gasteiger partial charge in [0.05, 0.1) is 13.3 Å². The van der Waals surface area contributed by atoms with E-state index in [-0.39, 0.29) is 5.91 Å². The molecule has 1 aliphatic heterocycles. The quantitative estimate of drug-likeness (QED) is 0.700. The van der Waals surface area contributed by atoms with Crippen LogP contribution in [0.3, 0.4) is 0 Å². The lowest BCUT2D eigenvalue weighted by atomic mass is 10.1. The summed E-state index contributed by atoms with van der Waals surface area (Å²) in [7, 11) is 1.61. The maximum absolute atomic E-state index is 13.0. The average Bonchev–Trinajstić information content (AvgIpc) is 3.24. The van der Waals surface area contributed by atoms with E-state index in [1.165, 1.54) is 6.20 Å². The van der Waals surface area contributed by atoms with Gasteiger partial charge in [-0.1, -0.05) is 5.16 Å². The normalized spacial score (nSPS) is 14.3. The molecule has 0 unspecified atom stereocenters. The lowest BCUT2D eigenvalue weighted by molar-refractivity contribution is 0.0746. The summed E-state index contributed by atoms with van der Waals surface area (Å²) in [6.45, 7) is 2.53. The second kappa shape index (κ2) is 7.45. The van der Waals surface area contributed by atoms with E-state index in [2.05, 4.69) is 20.0 Å². The van der Waals surface area contributed by atoms with Crippen LogP contribution in [0.1, 0.15) is 10.4 Å². The molecule has 1 aromatic carbocycles. The molecule has 3 heterocycles. The van der Waals surface area contributed by atoms with Gasteiger partial charge in [0.1, 0.15) is 11.3 Å². The van der Waals surface area contributed by atoms with Crippen LogP contribution in [0.2, 0.25) is 0 Å². The summed E-state index contributed by atoms with van der Waals surface area (Å²) >= 11 is 0. The molecule has 0 radical (unpaired) electrons. The summed E-state index contributed by atoms with van der Waals surface area (Å²) < 4.78 is 10.5. The van der Waals surface area contributed by atoms with Gasteiger partial charge in [-0.25, -0.2) is 9.97 Å². The van der Waals surface area contributed by atoms with Crippen molar-refractivity contribution in [2.45, 2.75) is 0 Å². The van der Waals surface area contributed by atoms with Crippen molar-refractivity contribution >= 4 is 11.9 Å². The molecular weight excluding hydrogens is 346 g/mol. The Morgan fingerprint density at radius 1 is 1.07 bits per heavy atom. The lowest BCUT2D eigenvalue weighted by Gasteiger charge is -2.34. The molecule has 0 aliphatic carbocycles. The first-order chi connectivity index (χ1) is 13.3. The first kappa shape index (κ1) is 17.0. The van der Waals surface area contributed by atoms with Gasteiger partial charge >= 0.3 is 0 Å². The molecule has 0 spiro atoms. The van der Waals surface area contributed by atoms with Crippen molar-refractivity contribution in [2.75, 3.05) is 38.2 Å². The van der Waals surface area contributed by atoms with Crippen molar-refractivity contribution in [3.05, 3.63) is 54.5 Å². The molecule has 8 heteroatoms. The van der Waals surface area contributed by atoms with Gasteiger partial charge in [-0.05, 0) is 30.3 Å². The Morgan fingerprint density at radius 3 is 2.44 bits per heavy atom. The second-order valence-electron chi connectivity index (χ2n) is 6.13. The number of aromatic nitrogens is 3. The summed E-state index contributed by atoms with van der Waals surface area (Å²) in [6, 6.07) is 9.13. The van der Waals surface area contributed by atoms with E-state index in [1.807, 2.05) is 24.3 Å². The minimum Gasteiger partial charge on any atom is -0.497 e. The number of methoxy groups -OCH3 is 1. The molecule has 0 atom stereocenters. The van der Waals surface area contributed by atoms with E-state index in [1.54, 1.807) is 30.5 Å². The van der Waals surface area contributed by atoms with E-state index < -0.39 is 0 Å². The van der Waals surface area contributed by atoms with Gasteiger partial charge in [0, 0.05) is 44.1 Å². The van der Waals surface area contributed by atoms with Crippen LogP contribution in [0.4, 0.5) is 5.95 Å². The Bertz CT molecular complexity index is 903. The van der Waals surface area contributed by atoms with E-state index in [4.69, 9.17) is 9.26 Å². The highest BCUT2D eigenvalue weighted by atomic mass is 16.5. The number of hydrogen-bond donors (Lipinski definition) is 0. The van der Waals surface area contributed by atoms with Gasteiger partial charge in [-0.15, -0.1) is 0 Å². The first-order valence-electron chi connectivity index (χ1n) is 8.66. The van der Waals surface area contributed by atoms with Crippen LogP contribution in [-0.2, 0) is 0 Å². The standard InChI is InChI=1S/C19H19N5O3/c1-26-15-5-3-14(4-6-15)17-16(13-22-27-17)18(25)23-9-11-24(12-10-23)19-20-7-2-8-21-19/h2-8,13H,9-12H2,1H3. The number of nitrogens with zero attached hydrogens (tertiary/aromatic N) is 5. The minimum absolute atomic E-state index is 0.0873.